The van der Waals surface area contributed by atoms with Crippen LogP contribution in [0.5, 0.6) is 17.2 Å². The monoisotopic (exact) mass is 435 g/mol. The molecule has 0 aliphatic rings. The second kappa shape index (κ2) is 8.72. The number of hydrogen-bond donors (Lipinski definition) is 0. The third kappa shape index (κ3) is 3.69. The molecule has 3 aromatic heterocycles. The second-order valence-electron chi connectivity index (χ2n) is 6.51. The van der Waals surface area contributed by atoms with Gasteiger partial charge >= 0.3 is 5.97 Å². The van der Waals surface area contributed by atoms with Crippen LogP contribution < -0.4 is 14.2 Å². The first-order valence-electron chi connectivity index (χ1n) is 9.28. The summed E-state index contributed by atoms with van der Waals surface area (Å²) in [6.45, 7) is 0. The summed E-state index contributed by atoms with van der Waals surface area (Å²) in [5.74, 6) is 1.04. The van der Waals surface area contributed by atoms with E-state index in [2.05, 4.69) is 20.1 Å². The molecule has 0 radical (unpaired) electrons. The lowest BCUT2D eigenvalue weighted by Crippen LogP contribution is -2.01. The summed E-state index contributed by atoms with van der Waals surface area (Å²) in [6, 6.07) is 8.57. The number of fused-ring (bicyclic) bond motifs is 1. The first-order chi connectivity index (χ1) is 15.6. The maximum absolute atomic E-state index is 11.8. The van der Waals surface area contributed by atoms with E-state index in [9.17, 15) is 9.70 Å². The van der Waals surface area contributed by atoms with E-state index in [0.29, 0.717) is 50.8 Å². The molecule has 1 aromatic carbocycles. The SMILES string of the molecule is COc1cc(-c2cc3nccc(-c4cncc(C(=O)ON=O)c4)c3o2)cc(OC)c1OC. The van der Waals surface area contributed by atoms with Crippen molar-refractivity contribution in [1.29, 1.82) is 0 Å². The second-order valence-corrected chi connectivity index (χ2v) is 6.51. The molecule has 0 saturated carbocycles. The highest BCUT2D eigenvalue weighted by atomic mass is 16.7. The number of aromatic nitrogens is 2. The molecule has 0 fully saturated rings. The van der Waals surface area contributed by atoms with Crippen molar-refractivity contribution in [2.24, 2.45) is 5.34 Å². The molecule has 0 unspecified atom stereocenters. The Bertz CT molecular complexity index is 1290. The Hall–Kier alpha value is -4.47. The summed E-state index contributed by atoms with van der Waals surface area (Å²) in [6.07, 6.45) is 4.45. The maximum atomic E-state index is 11.8. The van der Waals surface area contributed by atoms with Crippen molar-refractivity contribution in [1.82, 2.24) is 9.97 Å². The quantitative estimate of drug-likeness (QED) is 0.306. The van der Waals surface area contributed by atoms with Crippen molar-refractivity contribution in [3.8, 4) is 39.7 Å². The largest absolute Gasteiger partial charge is 0.493 e. The van der Waals surface area contributed by atoms with Crippen molar-refractivity contribution in [2.45, 2.75) is 0 Å². The predicted octanol–water partition coefficient (Wildman–Crippen LogP) is 4.42. The van der Waals surface area contributed by atoms with Crippen LogP contribution in [0.4, 0.5) is 0 Å². The molecule has 10 nitrogen and oxygen atoms in total. The molecule has 4 rings (SSSR count). The summed E-state index contributed by atoms with van der Waals surface area (Å²) < 4.78 is 22.3. The number of pyridine rings is 2. The smallest absolute Gasteiger partial charge is 0.370 e. The number of ether oxygens (including phenoxy) is 3. The van der Waals surface area contributed by atoms with Gasteiger partial charge in [0.2, 0.25) is 5.75 Å². The van der Waals surface area contributed by atoms with Crippen LogP contribution in [-0.4, -0.2) is 37.3 Å². The molecule has 0 aliphatic carbocycles. The van der Waals surface area contributed by atoms with Gasteiger partial charge in [-0.25, -0.2) is 4.79 Å². The van der Waals surface area contributed by atoms with Gasteiger partial charge in [-0.2, -0.15) is 0 Å². The average Bonchev–Trinajstić information content (AvgIpc) is 3.27. The fourth-order valence-corrected chi connectivity index (χ4v) is 3.32. The van der Waals surface area contributed by atoms with Gasteiger partial charge in [-0.3, -0.25) is 14.8 Å². The number of carbonyl (C=O) groups is 1. The zero-order chi connectivity index (χ0) is 22.7. The highest BCUT2D eigenvalue weighted by molar-refractivity contribution is 5.95. The van der Waals surface area contributed by atoms with Crippen molar-refractivity contribution in [3.63, 3.8) is 0 Å². The number of benzene rings is 1. The highest BCUT2D eigenvalue weighted by Gasteiger charge is 2.19. The van der Waals surface area contributed by atoms with Gasteiger partial charge in [-0.1, -0.05) is 0 Å². The Morgan fingerprint density at radius 2 is 1.72 bits per heavy atom. The van der Waals surface area contributed by atoms with Crippen LogP contribution in [0.15, 0.2) is 58.7 Å². The first-order valence-corrected chi connectivity index (χ1v) is 9.28. The lowest BCUT2D eigenvalue weighted by Gasteiger charge is -2.13. The Morgan fingerprint density at radius 1 is 0.969 bits per heavy atom. The van der Waals surface area contributed by atoms with Gasteiger partial charge in [0.25, 0.3) is 0 Å². The molecule has 0 aliphatic heterocycles. The van der Waals surface area contributed by atoms with Crippen molar-refractivity contribution in [2.75, 3.05) is 21.3 Å². The molecule has 10 heteroatoms. The van der Waals surface area contributed by atoms with E-state index in [-0.39, 0.29) is 5.56 Å². The van der Waals surface area contributed by atoms with Crippen molar-refractivity contribution < 1.29 is 28.3 Å². The van der Waals surface area contributed by atoms with Crippen LogP contribution >= 0.6 is 0 Å². The Kier molecular flexibility index (Phi) is 5.67. The van der Waals surface area contributed by atoms with Crippen molar-refractivity contribution in [3.05, 3.63) is 59.4 Å². The minimum atomic E-state index is -0.905. The van der Waals surface area contributed by atoms with Crippen LogP contribution in [0.25, 0.3) is 33.6 Å². The van der Waals surface area contributed by atoms with Crippen LogP contribution in [0.3, 0.4) is 0 Å². The van der Waals surface area contributed by atoms with E-state index < -0.39 is 5.97 Å². The van der Waals surface area contributed by atoms with Crippen LogP contribution in [0.1, 0.15) is 10.4 Å². The topological polar surface area (TPSA) is 122 Å². The number of methoxy groups -OCH3 is 3. The molecule has 4 aromatic rings. The fraction of sp³-hybridized carbons (Fsp3) is 0.136. The van der Waals surface area contributed by atoms with E-state index in [1.807, 2.05) is 0 Å². The van der Waals surface area contributed by atoms with Crippen LogP contribution in [0, 0.1) is 4.91 Å². The van der Waals surface area contributed by atoms with Crippen LogP contribution in [0.2, 0.25) is 0 Å². The standard InChI is InChI=1S/C22H17N3O7/c1-28-18-7-12(8-19(29-2)21(18)30-3)17-9-16-20(31-17)15(4-5-24-16)13-6-14(11-23-10-13)22(26)32-25-27/h4-11H,1-3H3. The molecule has 3 heterocycles. The Morgan fingerprint density at radius 3 is 2.38 bits per heavy atom. The lowest BCUT2D eigenvalue weighted by atomic mass is 10.1. The summed E-state index contributed by atoms with van der Waals surface area (Å²) in [4.78, 5) is 34.6. The Labute approximate surface area is 181 Å². The number of rotatable bonds is 7. The molecule has 32 heavy (non-hydrogen) atoms. The average molecular weight is 435 g/mol. The number of hydrogen-bond acceptors (Lipinski definition) is 10. The maximum Gasteiger partial charge on any atom is 0.370 e. The number of furan rings is 1. The van der Waals surface area contributed by atoms with Gasteiger partial charge < -0.3 is 18.6 Å². The normalized spacial score (nSPS) is 10.6. The molecular formula is C22H17N3O7. The number of nitrogens with zero attached hydrogens (tertiary/aromatic N) is 3. The zero-order valence-corrected chi connectivity index (χ0v) is 17.3. The third-order valence-corrected chi connectivity index (χ3v) is 4.77. The van der Waals surface area contributed by atoms with E-state index in [4.69, 9.17) is 18.6 Å². The van der Waals surface area contributed by atoms with E-state index >= 15 is 0 Å². The minimum absolute atomic E-state index is 0.0727. The summed E-state index contributed by atoms with van der Waals surface area (Å²) in [5.41, 5.74) is 3.06. The van der Waals surface area contributed by atoms with Gasteiger partial charge in [0.15, 0.2) is 22.4 Å². The van der Waals surface area contributed by atoms with Crippen molar-refractivity contribution >= 4 is 17.1 Å². The van der Waals surface area contributed by atoms with Gasteiger partial charge in [-0.15, -0.1) is 4.91 Å². The summed E-state index contributed by atoms with van der Waals surface area (Å²) in [5, 5.41) is 2.16. The zero-order valence-electron chi connectivity index (χ0n) is 17.3. The van der Waals surface area contributed by atoms with Crippen LogP contribution in [-0.2, 0) is 4.84 Å². The molecule has 0 saturated heterocycles. The van der Waals surface area contributed by atoms with Gasteiger partial charge in [-0.05, 0) is 24.3 Å². The molecule has 0 amide bonds. The minimum Gasteiger partial charge on any atom is -0.493 e. The first kappa shape index (κ1) is 20.8. The van der Waals surface area contributed by atoms with E-state index in [0.717, 1.165) is 0 Å². The lowest BCUT2D eigenvalue weighted by molar-refractivity contribution is 0.0508. The molecule has 0 spiro atoms. The number of carbonyl (C=O) groups excluding carboxylic acids is 1. The molecule has 0 atom stereocenters. The third-order valence-electron chi connectivity index (χ3n) is 4.77. The van der Waals surface area contributed by atoms with Gasteiger partial charge in [0.05, 0.1) is 26.9 Å². The molecule has 0 N–H and O–H groups in total. The fourth-order valence-electron chi connectivity index (χ4n) is 3.32. The summed E-state index contributed by atoms with van der Waals surface area (Å²) >= 11 is 0. The predicted molar refractivity (Wildman–Crippen MR) is 114 cm³/mol. The molecule has 162 valence electrons. The van der Waals surface area contributed by atoms with Gasteiger partial charge in [0.1, 0.15) is 11.3 Å². The van der Waals surface area contributed by atoms with Gasteiger partial charge in [0, 0.05) is 41.3 Å². The molecular weight excluding hydrogens is 418 g/mol. The summed E-state index contributed by atoms with van der Waals surface area (Å²) in [7, 11) is 4.59. The Balaban J connectivity index is 1.83. The van der Waals surface area contributed by atoms with E-state index in [1.165, 1.54) is 33.6 Å². The van der Waals surface area contributed by atoms with E-state index in [1.54, 1.807) is 36.7 Å². The molecule has 0 bridgehead atoms. The highest BCUT2D eigenvalue weighted by Crippen LogP contribution is 2.42.